The molecule has 9 nitrogen and oxygen atoms in total. The SMILES string of the molecule is CCCOc1ncnc2c1ncn2[C@@H]1O[C@H](CO)[C@@H](O)[C@H]1O. The quantitative estimate of drug-likeness (QED) is 0.658. The molecule has 2 aromatic rings. The van der Waals surface area contributed by atoms with E-state index in [0.717, 1.165) is 6.42 Å². The molecular weight excluding hydrogens is 292 g/mol. The molecule has 3 rings (SSSR count). The number of nitrogens with zero attached hydrogens (tertiary/aromatic N) is 4. The fourth-order valence-electron chi connectivity index (χ4n) is 2.43. The lowest BCUT2D eigenvalue weighted by atomic mass is 10.1. The van der Waals surface area contributed by atoms with E-state index < -0.39 is 24.5 Å². The number of fused-ring (bicyclic) bond motifs is 1. The van der Waals surface area contributed by atoms with Gasteiger partial charge in [-0.25, -0.2) is 9.97 Å². The van der Waals surface area contributed by atoms with Crippen LogP contribution in [0, 0.1) is 0 Å². The van der Waals surface area contributed by atoms with Gasteiger partial charge in [0.1, 0.15) is 24.6 Å². The van der Waals surface area contributed by atoms with E-state index in [-0.39, 0.29) is 6.61 Å². The Labute approximate surface area is 126 Å². The molecule has 0 saturated carbocycles. The van der Waals surface area contributed by atoms with Crippen LogP contribution in [0.25, 0.3) is 11.2 Å². The van der Waals surface area contributed by atoms with Crippen LogP contribution < -0.4 is 4.74 Å². The standard InChI is InChI=1S/C13H18N4O5/c1-2-3-21-12-8-11(14-5-15-12)17(6-16-8)13-10(20)9(19)7(4-18)22-13/h5-7,9-10,13,18-20H,2-4H2,1H3/t7-,9-,10-,13-/m1/s1. The monoisotopic (exact) mass is 310 g/mol. The molecule has 4 atom stereocenters. The van der Waals surface area contributed by atoms with Crippen molar-refractivity contribution in [3.05, 3.63) is 12.7 Å². The van der Waals surface area contributed by atoms with Gasteiger partial charge in [0.2, 0.25) is 5.88 Å². The van der Waals surface area contributed by atoms with E-state index in [2.05, 4.69) is 15.0 Å². The molecule has 22 heavy (non-hydrogen) atoms. The normalized spacial score (nSPS) is 28.4. The topological polar surface area (TPSA) is 123 Å². The minimum absolute atomic E-state index is 0.359. The van der Waals surface area contributed by atoms with Gasteiger partial charge in [-0.3, -0.25) is 4.57 Å². The summed E-state index contributed by atoms with van der Waals surface area (Å²) in [4.78, 5) is 12.4. The van der Waals surface area contributed by atoms with Crippen molar-refractivity contribution in [1.82, 2.24) is 19.5 Å². The minimum atomic E-state index is -1.19. The summed E-state index contributed by atoms with van der Waals surface area (Å²) in [7, 11) is 0. The molecule has 2 aromatic heterocycles. The Morgan fingerprint density at radius 2 is 2.09 bits per heavy atom. The Morgan fingerprint density at radius 3 is 2.77 bits per heavy atom. The molecule has 0 bridgehead atoms. The zero-order chi connectivity index (χ0) is 15.7. The Hall–Kier alpha value is -1.81. The van der Waals surface area contributed by atoms with Crippen LogP contribution in [-0.4, -0.2) is 66.4 Å². The first-order chi connectivity index (χ1) is 10.7. The Bertz CT molecular complexity index is 648. The average Bonchev–Trinajstić information content (AvgIpc) is 3.08. The first-order valence-electron chi connectivity index (χ1n) is 7.10. The number of hydrogen-bond acceptors (Lipinski definition) is 8. The number of aromatic nitrogens is 4. The van der Waals surface area contributed by atoms with Gasteiger partial charge in [-0.15, -0.1) is 0 Å². The van der Waals surface area contributed by atoms with Gasteiger partial charge >= 0.3 is 0 Å². The highest BCUT2D eigenvalue weighted by atomic mass is 16.6. The molecule has 1 aliphatic rings. The molecule has 0 amide bonds. The fourth-order valence-corrected chi connectivity index (χ4v) is 2.43. The number of imidazole rings is 1. The van der Waals surface area contributed by atoms with Gasteiger partial charge in [0.25, 0.3) is 0 Å². The summed E-state index contributed by atoms with van der Waals surface area (Å²) < 4.78 is 12.5. The maximum Gasteiger partial charge on any atom is 0.245 e. The molecule has 120 valence electrons. The van der Waals surface area contributed by atoms with Crippen LogP contribution >= 0.6 is 0 Å². The second-order valence-corrected chi connectivity index (χ2v) is 5.08. The second-order valence-electron chi connectivity index (χ2n) is 5.08. The molecule has 0 unspecified atom stereocenters. The van der Waals surface area contributed by atoms with Crippen LogP contribution in [0.5, 0.6) is 5.88 Å². The molecule has 1 aliphatic heterocycles. The van der Waals surface area contributed by atoms with Crippen LogP contribution in [0.2, 0.25) is 0 Å². The van der Waals surface area contributed by atoms with E-state index in [1.165, 1.54) is 17.2 Å². The summed E-state index contributed by atoms with van der Waals surface area (Å²) in [6.07, 6.45) is -0.484. The summed E-state index contributed by atoms with van der Waals surface area (Å²) in [5.41, 5.74) is 0.879. The van der Waals surface area contributed by atoms with Gasteiger partial charge in [-0.05, 0) is 6.42 Å². The Balaban J connectivity index is 1.95. The number of hydrogen-bond donors (Lipinski definition) is 3. The van der Waals surface area contributed by atoms with Crippen molar-refractivity contribution in [2.75, 3.05) is 13.2 Å². The van der Waals surface area contributed by atoms with Crippen molar-refractivity contribution in [2.24, 2.45) is 0 Å². The highest BCUT2D eigenvalue weighted by Crippen LogP contribution is 2.32. The molecule has 1 fully saturated rings. The van der Waals surface area contributed by atoms with Crippen molar-refractivity contribution in [3.63, 3.8) is 0 Å². The van der Waals surface area contributed by atoms with E-state index in [0.29, 0.717) is 23.7 Å². The van der Waals surface area contributed by atoms with Gasteiger partial charge in [0.15, 0.2) is 17.4 Å². The van der Waals surface area contributed by atoms with Gasteiger partial charge in [-0.2, -0.15) is 4.98 Å². The summed E-state index contributed by atoms with van der Waals surface area (Å²) in [5, 5.41) is 29.1. The summed E-state index contributed by atoms with van der Waals surface area (Å²) in [6, 6.07) is 0. The van der Waals surface area contributed by atoms with Crippen LogP contribution in [0.4, 0.5) is 0 Å². The maximum atomic E-state index is 10.1. The molecule has 0 aliphatic carbocycles. The highest BCUT2D eigenvalue weighted by Gasteiger charge is 2.44. The molecule has 3 heterocycles. The zero-order valence-corrected chi connectivity index (χ0v) is 12.0. The molecule has 1 saturated heterocycles. The third-order valence-electron chi connectivity index (χ3n) is 3.56. The molecule has 0 aromatic carbocycles. The van der Waals surface area contributed by atoms with Crippen LogP contribution in [0.15, 0.2) is 12.7 Å². The third kappa shape index (κ3) is 2.41. The van der Waals surface area contributed by atoms with Crippen LogP contribution in [0.1, 0.15) is 19.6 Å². The van der Waals surface area contributed by atoms with E-state index in [9.17, 15) is 10.2 Å². The van der Waals surface area contributed by atoms with E-state index >= 15 is 0 Å². The predicted octanol–water partition coefficient (Wildman–Crippen LogP) is -0.773. The third-order valence-corrected chi connectivity index (χ3v) is 3.56. The van der Waals surface area contributed by atoms with Gasteiger partial charge in [0, 0.05) is 0 Å². The van der Waals surface area contributed by atoms with Crippen molar-refractivity contribution in [3.8, 4) is 5.88 Å². The lowest BCUT2D eigenvalue weighted by Gasteiger charge is -2.16. The lowest BCUT2D eigenvalue weighted by molar-refractivity contribution is -0.0511. The van der Waals surface area contributed by atoms with Crippen molar-refractivity contribution < 1.29 is 24.8 Å². The van der Waals surface area contributed by atoms with Gasteiger partial charge in [-0.1, -0.05) is 6.92 Å². The molecule has 9 heteroatoms. The lowest BCUT2D eigenvalue weighted by Crippen LogP contribution is -2.33. The average molecular weight is 310 g/mol. The summed E-state index contributed by atoms with van der Waals surface area (Å²) in [6.45, 7) is 2.10. The largest absolute Gasteiger partial charge is 0.476 e. The smallest absolute Gasteiger partial charge is 0.245 e. The van der Waals surface area contributed by atoms with Crippen molar-refractivity contribution in [1.29, 1.82) is 0 Å². The first kappa shape index (κ1) is 15.1. The fraction of sp³-hybridized carbons (Fsp3) is 0.615. The molecular formula is C13H18N4O5. The molecule has 3 N–H and O–H groups in total. The van der Waals surface area contributed by atoms with Crippen LogP contribution in [-0.2, 0) is 4.74 Å². The number of aliphatic hydroxyl groups excluding tert-OH is 3. The Kier molecular flexibility index (Phi) is 4.21. The van der Waals surface area contributed by atoms with Crippen molar-refractivity contribution >= 4 is 11.2 Å². The maximum absolute atomic E-state index is 10.1. The number of rotatable bonds is 5. The highest BCUT2D eigenvalue weighted by molar-refractivity contribution is 5.76. The minimum Gasteiger partial charge on any atom is -0.476 e. The first-order valence-corrected chi connectivity index (χ1v) is 7.10. The number of aliphatic hydroxyl groups is 3. The number of ether oxygens (including phenoxy) is 2. The van der Waals surface area contributed by atoms with E-state index in [1.54, 1.807) is 0 Å². The summed E-state index contributed by atoms with van der Waals surface area (Å²) in [5.74, 6) is 0.359. The van der Waals surface area contributed by atoms with Gasteiger partial charge < -0.3 is 24.8 Å². The van der Waals surface area contributed by atoms with Crippen molar-refractivity contribution in [2.45, 2.75) is 37.9 Å². The molecule has 0 spiro atoms. The Morgan fingerprint density at radius 1 is 1.27 bits per heavy atom. The second kappa shape index (κ2) is 6.13. The molecule has 0 radical (unpaired) electrons. The zero-order valence-electron chi connectivity index (χ0n) is 12.0. The van der Waals surface area contributed by atoms with E-state index in [4.69, 9.17) is 14.6 Å². The summed E-state index contributed by atoms with van der Waals surface area (Å²) >= 11 is 0. The van der Waals surface area contributed by atoms with Crippen LogP contribution in [0.3, 0.4) is 0 Å². The predicted molar refractivity (Wildman–Crippen MR) is 74.1 cm³/mol. The van der Waals surface area contributed by atoms with Gasteiger partial charge in [0.05, 0.1) is 19.5 Å². The van der Waals surface area contributed by atoms with E-state index in [1.807, 2.05) is 6.92 Å².